The Bertz CT molecular complexity index is 825. The number of ether oxygens (including phenoxy) is 1. The first-order valence-electron chi connectivity index (χ1n) is 8.22. The summed E-state index contributed by atoms with van der Waals surface area (Å²) in [4.78, 5) is 23.8. The molecule has 0 bridgehead atoms. The fraction of sp³-hybridized carbons (Fsp3) is 0.353. The largest absolute Gasteiger partial charge is 0.494 e. The van der Waals surface area contributed by atoms with Crippen LogP contribution in [0.1, 0.15) is 11.5 Å². The summed E-state index contributed by atoms with van der Waals surface area (Å²) in [7, 11) is 3.33. The Morgan fingerprint density at radius 3 is 2.74 bits per heavy atom. The van der Waals surface area contributed by atoms with Gasteiger partial charge in [0.05, 0.1) is 24.9 Å². The number of anilines is 2. The van der Waals surface area contributed by atoms with Crippen molar-refractivity contribution in [2.24, 2.45) is 18.7 Å². The summed E-state index contributed by atoms with van der Waals surface area (Å²) in [6.07, 6.45) is 3.73. The number of hydrogen-bond acceptors (Lipinski definition) is 5. The van der Waals surface area contributed by atoms with Crippen molar-refractivity contribution < 1.29 is 14.3 Å². The van der Waals surface area contributed by atoms with Crippen molar-refractivity contribution in [1.29, 1.82) is 0 Å². The number of rotatable bonds is 5. The van der Waals surface area contributed by atoms with Gasteiger partial charge in [-0.1, -0.05) is 0 Å². The number of nitrogens with one attached hydrogen (secondary N) is 3. The minimum atomic E-state index is -0.684. The highest BCUT2D eigenvalue weighted by Crippen LogP contribution is 2.31. The van der Waals surface area contributed by atoms with Crippen LogP contribution in [0.15, 0.2) is 30.6 Å². The Labute approximate surface area is 163 Å². The normalized spacial score (nSPS) is 18.4. The molecule has 10 heteroatoms. The molecule has 3 rings (SSSR count). The van der Waals surface area contributed by atoms with Crippen LogP contribution in [0.3, 0.4) is 0 Å². The summed E-state index contributed by atoms with van der Waals surface area (Å²) in [6.45, 7) is 1.33. The van der Waals surface area contributed by atoms with Crippen LogP contribution in [0.2, 0.25) is 0 Å². The van der Waals surface area contributed by atoms with Gasteiger partial charge in [-0.05, 0) is 17.7 Å². The molecule has 1 fully saturated rings. The topological polar surface area (TPSA) is 123 Å². The maximum Gasteiger partial charge on any atom is 0.316 e. The number of primary amides is 1. The van der Waals surface area contributed by atoms with Crippen molar-refractivity contribution >= 4 is 35.7 Å². The molecule has 0 radical (unpaired) electrons. The minimum Gasteiger partial charge on any atom is -0.494 e. The Hall–Kier alpha value is -2.78. The third kappa shape index (κ3) is 4.69. The van der Waals surface area contributed by atoms with E-state index in [1.54, 1.807) is 29.1 Å². The van der Waals surface area contributed by atoms with Crippen molar-refractivity contribution in [3.05, 3.63) is 36.2 Å². The highest BCUT2D eigenvalue weighted by Gasteiger charge is 2.34. The van der Waals surface area contributed by atoms with Crippen LogP contribution < -0.4 is 26.4 Å². The van der Waals surface area contributed by atoms with E-state index in [2.05, 4.69) is 21.0 Å². The monoisotopic (exact) mass is 394 g/mol. The molecule has 1 aromatic carbocycles. The number of carbonyl (C=O) groups is 2. The summed E-state index contributed by atoms with van der Waals surface area (Å²) < 4.78 is 6.98. The number of carbonyl (C=O) groups excluding carboxylic acids is 2. The zero-order chi connectivity index (χ0) is 18.7. The molecule has 146 valence electrons. The summed E-state index contributed by atoms with van der Waals surface area (Å²) in [5.74, 6) is 0.200. The average molecular weight is 395 g/mol. The second-order valence-electron chi connectivity index (χ2n) is 6.21. The molecular weight excluding hydrogens is 372 g/mol. The number of aryl methyl sites for hydroxylation is 1. The summed E-state index contributed by atoms with van der Waals surface area (Å²) in [5.41, 5.74) is 7.19. The Morgan fingerprint density at radius 1 is 1.33 bits per heavy atom. The quantitative estimate of drug-likeness (QED) is 0.608. The van der Waals surface area contributed by atoms with Gasteiger partial charge in [-0.15, -0.1) is 12.4 Å². The highest BCUT2D eigenvalue weighted by molar-refractivity contribution is 5.95. The number of benzene rings is 1. The van der Waals surface area contributed by atoms with Gasteiger partial charge in [-0.2, -0.15) is 5.10 Å². The van der Waals surface area contributed by atoms with E-state index in [0.717, 1.165) is 12.1 Å². The first-order chi connectivity index (χ1) is 12.5. The minimum absolute atomic E-state index is 0. The van der Waals surface area contributed by atoms with Crippen molar-refractivity contribution in [3.8, 4) is 5.75 Å². The van der Waals surface area contributed by atoms with E-state index in [1.807, 2.05) is 13.2 Å². The number of halogens is 1. The van der Waals surface area contributed by atoms with Gasteiger partial charge in [0, 0.05) is 44.0 Å². The van der Waals surface area contributed by atoms with Crippen molar-refractivity contribution in [3.63, 3.8) is 0 Å². The molecule has 1 aromatic heterocycles. The molecule has 0 unspecified atom stereocenters. The number of hydrogen-bond donors (Lipinski definition) is 4. The average Bonchev–Trinajstić information content (AvgIpc) is 3.24. The van der Waals surface area contributed by atoms with E-state index in [4.69, 9.17) is 10.5 Å². The molecule has 2 aromatic rings. The lowest BCUT2D eigenvalue weighted by atomic mass is 9.90. The molecule has 5 N–H and O–H groups in total. The second-order valence-corrected chi connectivity index (χ2v) is 6.21. The van der Waals surface area contributed by atoms with Crippen LogP contribution in [0.5, 0.6) is 5.75 Å². The first kappa shape index (κ1) is 20.5. The lowest BCUT2D eigenvalue weighted by Crippen LogP contribution is -2.28. The van der Waals surface area contributed by atoms with Crippen LogP contribution >= 0.6 is 12.4 Å². The van der Waals surface area contributed by atoms with E-state index in [0.29, 0.717) is 23.7 Å². The van der Waals surface area contributed by atoms with Crippen molar-refractivity contribution in [2.75, 3.05) is 30.8 Å². The molecule has 1 aliphatic rings. The molecule has 9 nitrogen and oxygen atoms in total. The number of nitrogens with two attached hydrogens (primary N) is 1. The molecule has 1 saturated heterocycles. The fourth-order valence-electron chi connectivity index (χ4n) is 3.18. The lowest BCUT2D eigenvalue weighted by molar-refractivity contribution is -0.119. The molecule has 0 aliphatic carbocycles. The lowest BCUT2D eigenvalue weighted by Gasteiger charge is -2.18. The zero-order valence-electron chi connectivity index (χ0n) is 15.1. The third-order valence-electron chi connectivity index (χ3n) is 4.43. The smallest absolute Gasteiger partial charge is 0.316 e. The molecule has 3 amide bonds. The number of nitrogens with zero attached hydrogens (tertiary/aromatic N) is 2. The maximum absolute atomic E-state index is 12.8. The number of amides is 3. The van der Waals surface area contributed by atoms with Crippen LogP contribution in [0.4, 0.5) is 16.2 Å². The summed E-state index contributed by atoms with van der Waals surface area (Å²) in [6, 6.07) is 4.28. The van der Waals surface area contributed by atoms with Gasteiger partial charge in [-0.3, -0.25) is 9.48 Å². The van der Waals surface area contributed by atoms with Gasteiger partial charge in [-0.25, -0.2) is 4.79 Å². The van der Waals surface area contributed by atoms with Gasteiger partial charge in [0.1, 0.15) is 5.75 Å². The number of urea groups is 1. The van der Waals surface area contributed by atoms with Crippen molar-refractivity contribution in [1.82, 2.24) is 15.1 Å². The second kappa shape index (κ2) is 8.74. The molecular formula is C17H23ClN6O3. The fourth-order valence-corrected chi connectivity index (χ4v) is 3.18. The first-order valence-corrected chi connectivity index (χ1v) is 8.22. The predicted molar refractivity (Wildman–Crippen MR) is 104 cm³/mol. The maximum atomic E-state index is 12.8. The molecule has 27 heavy (non-hydrogen) atoms. The predicted octanol–water partition coefficient (Wildman–Crippen LogP) is 1.28. The Kier molecular flexibility index (Phi) is 6.65. The van der Waals surface area contributed by atoms with Gasteiger partial charge in [0.15, 0.2) is 0 Å². The van der Waals surface area contributed by atoms with E-state index < -0.39 is 6.03 Å². The highest BCUT2D eigenvalue weighted by atomic mass is 35.5. The molecule has 0 saturated carbocycles. The molecule has 1 aliphatic heterocycles. The van der Waals surface area contributed by atoms with E-state index in [-0.39, 0.29) is 30.2 Å². The standard InChI is InChI=1S/C17H22N6O3.ClH/c1-23-9-10(6-20-23)12-7-19-8-13(12)16(24)21-11-3-4-14(22-17(18)25)15(5-11)26-2;/h3-6,9,12-13,19H,7-8H2,1-2H3,(H,21,24)(H3,18,22,25);1H/t12-,13+;/m1./s1. The zero-order valence-corrected chi connectivity index (χ0v) is 15.9. The van der Waals surface area contributed by atoms with Crippen LogP contribution in [-0.4, -0.2) is 41.9 Å². The van der Waals surface area contributed by atoms with Gasteiger partial charge in [0.25, 0.3) is 0 Å². The van der Waals surface area contributed by atoms with E-state index in [1.165, 1.54) is 7.11 Å². The molecule has 2 atom stereocenters. The van der Waals surface area contributed by atoms with Crippen LogP contribution in [0.25, 0.3) is 0 Å². The van der Waals surface area contributed by atoms with Crippen LogP contribution in [-0.2, 0) is 11.8 Å². The van der Waals surface area contributed by atoms with Crippen LogP contribution in [0, 0.1) is 5.92 Å². The van der Waals surface area contributed by atoms with E-state index in [9.17, 15) is 9.59 Å². The SMILES string of the molecule is COc1cc(NC(=O)[C@H]2CNC[C@@H]2c2cnn(C)c2)ccc1NC(N)=O.Cl. The third-order valence-corrected chi connectivity index (χ3v) is 4.43. The van der Waals surface area contributed by atoms with Gasteiger partial charge >= 0.3 is 6.03 Å². The van der Waals surface area contributed by atoms with Gasteiger partial charge in [0.2, 0.25) is 5.91 Å². The van der Waals surface area contributed by atoms with E-state index >= 15 is 0 Å². The molecule has 0 spiro atoms. The molecule has 2 heterocycles. The Morgan fingerprint density at radius 2 is 2.11 bits per heavy atom. The van der Waals surface area contributed by atoms with Crippen molar-refractivity contribution in [2.45, 2.75) is 5.92 Å². The number of aromatic nitrogens is 2. The van der Waals surface area contributed by atoms with Gasteiger partial charge < -0.3 is 26.4 Å². The summed E-state index contributed by atoms with van der Waals surface area (Å²) in [5, 5.41) is 12.8. The summed E-state index contributed by atoms with van der Waals surface area (Å²) >= 11 is 0. The number of methoxy groups -OCH3 is 1. The Balaban J connectivity index is 0.00000261.